The highest BCUT2D eigenvalue weighted by molar-refractivity contribution is 7.15. The number of benzene rings is 3. The Morgan fingerprint density at radius 3 is 2.24 bits per heavy atom. The van der Waals surface area contributed by atoms with Gasteiger partial charge in [-0.25, -0.2) is 9.78 Å². The summed E-state index contributed by atoms with van der Waals surface area (Å²) in [5, 5.41) is 6.20. The number of anilines is 1. The minimum Gasteiger partial charge on any atom is -0.489 e. The van der Waals surface area contributed by atoms with Crippen molar-refractivity contribution in [3.8, 4) is 5.75 Å². The van der Waals surface area contributed by atoms with E-state index < -0.39 is 18.0 Å². The Bertz CT molecular complexity index is 1440. The van der Waals surface area contributed by atoms with E-state index in [1.807, 2.05) is 60.7 Å². The van der Waals surface area contributed by atoms with E-state index in [2.05, 4.69) is 34.4 Å². The van der Waals surface area contributed by atoms with Crippen molar-refractivity contribution in [1.29, 1.82) is 0 Å². The Labute approximate surface area is 244 Å². The number of hydrogen-bond donors (Lipinski definition) is 2. The van der Waals surface area contributed by atoms with Crippen molar-refractivity contribution in [2.24, 2.45) is 0 Å². The van der Waals surface area contributed by atoms with Crippen molar-refractivity contribution in [3.63, 3.8) is 0 Å². The first-order chi connectivity index (χ1) is 19.9. The number of fused-ring (bicyclic) bond motifs is 1. The molecule has 2 heterocycles. The molecule has 0 aliphatic carbocycles. The van der Waals surface area contributed by atoms with Crippen LogP contribution in [0.15, 0.2) is 84.9 Å². The summed E-state index contributed by atoms with van der Waals surface area (Å²) in [6.07, 6.45) is 0.155. The fourth-order valence-electron chi connectivity index (χ4n) is 4.57. The number of hydrogen-bond acceptors (Lipinski definition) is 7. The van der Waals surface area contributed by atoms with E-state index in [0.717, 1.165) is 41.2 Å². The van der Waals surface area contributed by atoms with Crippen molar-refractivity contribution in [2.75, 3.05) is 11.9 Å². The maximum absolute atomic E-state index is 13.5. The molecule has 3 aromatic carbocycles. The molecule has 4 aromatic rings. The number of aromatic nitrogens is 1. The van der Waals surface area contributed by atoms with Gasteiger partial charge in [-0.1, -0.05) is 72.8 Å². The van der Waals surface area contributed by atoms with Gasteiger partial charge < -0.3 is 14.8 Å². The van der Waals surface area contributed by atoms with Crippen LogP contribution >= 0.6 is 11.3 Å². The monoisotopic (exact) mass is 570 g/mol. The van der Waals surface area contributed by atoms with E-state index in [0.29, 0.717) is 29.1 Å². The number of thiazole rings is 1. The molecule has 1 aliphatic rings. The molecule has 1 aliphatic heterocycles. The molecule has 0 bridgehead atoms. The van der Waals surface area contributed by atoms with E-state index in [9.17, 15) is 9.59 Å². The number of ether oxygens (including phenoxy) is 2. The first-order valence-corrected chi connectivity index (χ1v) is 14.5. The average Bonchev–Trinajstić information content (AvgIpc) is 3.40. The molecule has 2 amide bonds. The lowest BCUT2D eigenvalue weighted by Crippen LogP contribution is -2.37. The first-order valence-electron chi connectivity index (χ1n) is 13.7. The van der Waals surface area contributed by atoms with Crippen molar-refractivity contribution >= 4 is 28.5 Å². The SMILES string of the molecule is CC(C)N1CCc2nc(NC(=O)[C@H](NC(=O)OCc3ccccc3)c3ccc(OCc4ccccc4)cc3)sc2C1. The van der Waals surface area contributed by atoms with Crippen LogP contribution in [-0.4, -0.2) is 34.5 Å². The summed E-state index contributed by atoms with van der Waals surface area (Å²) in [4.78, 5) is 34.6. The smallest absolute Gasteiger partial charge is 0.408 e. The molecule has 0 saturated carbocycles. The van der Waals surface area contributed by atoms with Crippen LogP contribution in [0.4, 0.5) is 9.93 Å². The minimum atomic E-state index is -0.991. The molecule has 1 atom stereocenters. The summed E-state index contributed by atoms with van der Waals surface area (Å²) >= 11 is 1.48. The van der Waals surface area contributed by atoms with Crippen LogP contribution in [0.5, 0.6) is 5.75 Å². The third-order valence-corrected chi connectivity index (χ3v) is 7.92. The van der Waals surface area contributed by atoms with Crippen LogP contribution < -0.4 is 15.4 Å². The summed E-state index contributed by atoms with van der Waals surface area (Å²) in [5.41, 5.74) is 3.53. The van der Waals surface area contributed by atoms with Gasteiger partial charge in [0.25, 0.3) is 5.91 Å². The van der Waals surface area contributed by atoms with E-state index in [1.54, 1.807) is 24.3 Å². The molecule has 0 fully saturated rings. The number of amides is 2. The number of rotatable bonds is 10. The second-order valence-corrected chi connectivity index (χ2v) is 11.3. The highest BCUT2D eigenvalue weighted by atomic mass is 32.1. The normalized spacial score (nSPS) is 13.7. The first kappa shape index (κ1) is 28.3. The lowest BCUT2D eigenvalue weighted by molar-refractivity contribution is -0.118. The zero-order valence-electron chi connectivity index (χ0n) is 23.2. The number of nitrogens with one attached hydrogen (secondary N) is 2. The zero-order valence-corrected chi connectivity index (χ0v) is 24.0. The van der Waals surface area contributed by atoms with Gasteiger partial charge in [0.2, 0.25) is 0 Å². The summed E-state index contributed by atoms with van der Waals surface area (Å²) in [7, 11) is 0. The van der Waals surface area contributed by atoms with Gasteiger partial charge in [0.05, 0.1) is 5.69 Å². The summed E-state index contributed by atoms with van der Waals surface area (Å²) in [6, 6.07) is 25.9. The Balaban J connectivity index is 1.28. The van der Waals surface area contributed by atoms with Gasteiger partial charge in [-0.2, -0.15) is 0 Å². The Kier molecular flexibility index (Phi) is 9.28. The van der Waals surface area contributed by atoms with E-state index >= 15 is 0 Å². The molecular weight excluding hydrogens is 536 g/mol. The average molecular weight is 571 g/mol. The molecular formula is C32H34N4O4S. The molecule has 2 N–H and O–H groups in total. The molecule has 212 valence electrons. The van der Waals surface area contributed by atoms with Crippen LogP contribution in [0, 0.1) is 0 Å². The molecule has 5 rings (SSSR count). The molecule has 0 spiro atoms. The number of carbonyl (C=O) groups excluding carboxylic acids is 2. The molecule has 0 unspecified atom stereocenters. The third-order valence-electron chi connectivity index (χ3n) is 6.92. The number of carbonyl (C=O) groups is 2. The summed E-state index contributed by atoms with van der Waals surface area (Å²) in [5.74, 6) is 0.261. The van der Waals surface area contributed by atoms with E-state index in [4.69, 9.17) is 9.47 Å². The predicted molar refractivity (Wildman–Crippen MR) is 160 cm³/mol. The van der Waals surface area contributed by atoms with Crippen LogP contribution in [0.2, 0.25) is 0 Å². The topological polar surface area (TPSA) is 92.8 Å². The highest BCUT2D eigenvalue weighted by Crippen LogP contribution is 2.30. The van der Waals surface area contributed by atoms with Gasteiger partial charge in [-0.3, -0.25) is 15.0 Å². The second kappa shape index (κ2) is 13.4. The zero-order chi connectivity index (χ0) is 28.6. The van der Waals surface area contributed by atoms with Gasteiger partial charge >= 0.3 is 6.09 Å². The van der Waals surface area contributed by atoms with Gasteiger partial charge in [0.1, 0.15) is 25.0 Å². The van der Waals surface area contributed by atoms with E-state index in [1.165, 1.54) is 11.3 Å². The van der Waals surface area contributed by atoms with Gasteiger partial charge in [0, 0.05) is 30.4 Å². The predicted octanol–water partition coefficient (Wildman–Crippen LogP) is 6.09. The minimum absolute atomic E-state index is 0.0961. The van der Waals surface area contributed by atoms with E-state index in [-0.39, 0.29) is 6.61 Å². The maximum atomic E-state index is 13.5. The van der Waals surface area contributed by atoms with Gasteiger partial charge in [-0.05, 0) is 42.7 Å². The van der Waals surface area contributed by atoms with Gasteiger partial charge in [-0.15, -0.1) is 11.3 Å². The van der Waals surface area contributed by atoms with Crippen molar-refractivity contribution < 1.29 is 19.1 Å². The highest BCUT2D eigenvalue weighted by Gasteiger charge is 2.27. The number of nitrogens with zero attached hydrogens (tertiary/aromatic N) is 2. The molecule has 0 saturated heterocycles. The Morgan fingerprint density at radius 2 is 1.59 bits per heavy atom. The molecule has 41 heavy (non-hydrogen) atoms. The molecule has 8 nitrogen and oxygen atoms in total. The Hall–Kier alpha value is -4.21. The molecule has 1 aromatic heterocycles. The molecule has 9 heteroatoms. The fraction of sp³-hybridized carbons (Fsp3) is 0.281. The van der Waals surface area contributed by atoms with Crippen LogP contribution in [0.1, 0.15) is 47.2 Å². The quantitative estimate of drug-likeness (QED) is 0.240. The second-order valence-electron chi connectivity index (χ2n) is 10.2. The fourth-order valence-corrected chi connectivity index (χ4v) is 5.60. The Morgan fingerprint density at radius 1 is 0.927 bits per heavy atom. The van der Waals surface area contributed by atoms with Gasteiger partial charge in [0.15, 0.2) is 5.13 Å². The van der Waals surface area contributed by atoms with Crippen LogP contribution in [-0.2, 0) is 35.7 Å². The molecule has 0 radical (unpaired) electrons. The van der Waals surface area contributed by atoms with Crippen molar-refractivity contribution in [1.82, 2.24) is 15.2 Å². The van der Waals surface area contributed by atoms with Crippen LogP contribution in [0.25, 0.3) is 0 Å². The number of alkyl carbamates (subject to hydrolysis) is 1. The third kappa shape index (κ3) is 7.71. The largest absolute Gasteiger partial charge is 0.489 e. The summed E-state index contributed by atoms with van der Waals surface area (Å²) < 4.78 is 11.3. The summed E-state index contributed by atoms with van der Waals surface area (Å²) in [6.45, 7) is 6.64. The van der Waals surface area contributed by atoms with Crippen molar-refractivity contribution in [2.45, 2.75) is 52.1 Å². The lowest BCUT2D eigenvalue weighted by Gasteiger charge is -2.29. The maximum Gasteiger partial charge on any atom is 0.408 e. The standard InChI is InChI=1S/C32H34N4O4S/c1-22(2)36-18-17-27-28(19-36)41-31(33-27)35-30(37)29(34-32(38)40-21-24-11-7-4-8-12-24)25-13-15-26(16-14-25)39-20-23-9-5-3-6-10-23/h3-16,22,29H,17-21H2,1-2H3,(H,34,38)(H,33,35,37)/t29-/m1/s1. The van der Waals surface area contributed by atoms with Crippen LogP contribution in [0.3, 0.4) is 0 Å². The van der Waals surface area contributed by atoms with Crippen molar-refractivity contribution in [3.05, 3.63) is 112 Å². The lowest BCUT2D eigenvalue weighted by atomic mass is 10.1.